The first-order chi connectivity index (χ1) is 7.13. The third-order valence-corrected chi connectivity index (χ3v) is 2.58. The van der Waals surface area contributed by atoms with Gasteiger partial charge in [0.2, 0.25) is 5.91 Å². The van der Waals surface area contributed by atoms with Gasteiger partial charge in [-0.3, -0.25) is 4.79 Å². The molecule has 0 aliphatic carbocycles. The maximum atomic E-state index is 11.3. The lowest BCUT2D eigenvalue weighted by atomic mass is 10.0. The van der Waals surface area contributed by atoms with E-state index in [1.165, 1.54) is 5.56 Å². The number of benzene rings is 1. The lowest BCUT2D eigenvalue weighted by molar-refractivity contribution is -0.115. The Labute approximate surface area is 99.2 Å². The highest BCUT2D eigenvalue weighted by Gasteiger charge is 2.02. The third-order valence-electron chi connectivity index (χ3n) is 2.18. The number of carbonyl (C=O) groups excluding carboxylic acids is 1. The number of amides is 1. The molecule has 0 heterocycles. The lowest BCUT2D eigenvalue weighted by Gasteiger charge is -2.07. The lowest BCUT2D eigenvalue weighted by Crippen LogP contribution is -2.11. The fraction of sp³-hybridized carbons (Fsp3) is 0.417. The first-order valence-corrected chi connectivity index (χ1v) is 6.21. The Morgan fingerprint density at radius 3 is 2.40 bits per heavy atom. The molecule has 0 saturated heterocycles. The molecular formula is C12H16BrNO. The first kappa shape index (κ1) is 12.2. The van der Waals surface area contributed by atoms with E-state index < -0.39 is 0 Å². The van der Waals surface area contributed by atoms with Crippen molar-refractivity contribution in [1.29, 1.82) is 0 Å². The molecule has 1 N–H and O–H groups in total. The molecule has 1 rings (SSSR count). The van der Waals surface area contributed by atoms with Gasteiger partial charge in [-0.15, -0.1) is 0 Å². The molecular weight excluding hydrogens is 254 g/mol. The Morgan fingerprint density at radius 1 is 1.33 bits per heavy atom. The summed E-state index contributed by atoms with van der Waals surface area (Å²) in [5.41, 5.74) is 2.15. The fourth-order valence-corrected chi connectivity index (χ4v) is 1.62. The molecule has 15 heavy (non-hydrogen) atoms. The standard InChI is InChI=1S/C12H16BrNO/c1-9(2)10-3-5-11(6-4-10)14-12(15)7-8-13/h3-6,9H,7-8H2,1-2H3,(H,14,15). The molecule has 82 valence electrons. The zero-order valence-corrected chi connectivity index (χ0v) is 10.7. The molecule has 0 aromatic heterocycles. The second kappa shape index (κ2) is 5.91. The van der Waals surface area contributed by atoms with Crippen LogP contribution in [0.5, 0.6) is 0 Å². The molecule has 0 aliphatic heterocycles. The van der Waals surface area contributed by atoms with Crippen LogP contribution >= 0.6 is 15.9 Å². The molecule has 0 spiro atoms. The second-order valence-corrected chi connectivity index (χ2v) is 4.56. The van der Waals surface area contributed by atoms with E-state index in [2.05, 4.69) is 47.2 Å². The van der Waals surface area contributed by atoms with Crippen LogP contribution in [0.2, 0.25) is 0 Å². The molecule has 1 amide bonds. The minimum atomic E-state index is 0.0455. The maximum absolute atomic E-state index is 11.3. The van der Waals surface area contributed by atoms with Crippen LogP contribution in [0.15, 0.2) is 24.3 Å². The van der Waals surface area contributed by atoms with Gasteiger partial charge < -0.3 is 5.32 Å². The van der Waals surface area contributed by atoms with Gasteiger partial charge in [-0.05, 0) is 23.6 Å². The summed E-state index contributed by atoms with van der Waals surface area (Å²) in [6, 6.07) is 7.99. The molecule has 1 aromatic carbocycles. The minimum absolute atomic E-state index is 0.0455. The van der Waals surface area contributed by atoms with Crippen LogP contribution in [0.3, 0.4) is 0 Å². The van der Waals surface area contributed by atoms with Crippen LogP contribution < -0.4 is 5.32 Å². The average Bonchev–Trinajstić information content (AvgIpc) is 2.18. The predicted octanol–water partition coefficient (Wildman–Crippen LogP) is 3.53. The zero-order chi connectivity index (χ0) is 11.3. The maximum Gasteiger partial charge on any atom is 0.225 e. The topological polar surface area (TPSA) is 29.1 Å². The van der Waals surface area contributed by atoms with E-state index in [-0.39, 0.29) is 5.91 Å². The van der Waals surface area contributed by atoms with Crippen LogP contribution in [-0.2, 0) is 4.79 Å². The van der Waals surface area contributed by atoms with Gasteiger partial charge in [-0.25, -0.2) is 0 Å². The van der Waals surface area contributed by atoms with Crippen molar-refractivity contribution in [2.45, 2.75) is 26.2 Å². The number of hydrogen-bond acceptors (Lipinski definition) is 1. The smallest absolute Gasteiger partial charge is 0.225 e. The number of rotatable bonds is 4. The highest BCUT2D eigenvalue weighted by Crippen LogP contribution is 2.17. The summed E-state index contributed by atoms with van der Waals surface area (Å²) in [5, 5.41) is 3.54. The van der Waals surface area contributed by atoms with E-state index in [1.807, 2.05) is 12.1 Å². The number of nitrogens with one attached hydrogen (secondary N) is 1. The van der Waals surface area contributed by atoms with Gasteiger partial charge in [0.15, 0.2) is 0 Å². The Bertz CT molecular complexity index is 319. The largest absolute Gasteiger partial charge is 0.326 e. The number of hydrogen-bond donors (Lipinski definition) is 1. The van der Waals surface area contributed by atoms with Crippen molar-refractivity contribution in [3.8, 4) is 0 Å². The summed E-state index contributed by atoms with van der Waals surface area (Å²) in [7, 11) is 0. The molecule has 0 aliphatic rings. The van der Waals surface area contributed by atoms with Gasteiger partial charge in [-0.1, -0.05) is 41.9 Å². The molecule has 0 saturated carbocycles. The van der Waals surface area contributed by atoms with Crippen molar-refractivity contribution in [2.75, 3.05) is 10.6 Å². The van der Waals surface area contributed by atoms with E-state index >= 15 is 0 Å². The van der Waals surface area contributed by atoms with Crippen molar-refractivity contribution < 1.29 is 4.79 Å². The summed E-state index contributed by atoms with van der Waals surface area (Å²) < 4.78 is 0. The van der Waals surface area contributed by atoms with Crippen molar-refractivity contribution in [1.82, 2.24) is 0 Å². The Kier molecular flexibility index (Phi) is 4.82. The Hall–Kier alpha value is -0.830. The van der Waals surface area contributed by atoms with Gasteiger partial charge in [0.1, 0.15) is 0 Å². The van der Waals surface area contributed by atoms with Crippen molar-refractivity contribution in [2.24, 2.45) is 0 Å². The van der Waals surface area contributed by atoms with Crippen LogP contribution in [0.25, 0.3) is 0 Å². The number of alkyl halides is 1. The van der Waals surface area contributed by atoms with E-state index in [1.54, 1.807) is 0 Å². The van der Waals surface area contributed by atoms with Gasteiger partial charge in [0, 0.05) is 17.4 Å². The highest BCUT2D eigenvalue weighted by molar-refractivity contribution is 9.09. The van der Waals surface area contributed by atoms with Gasteiger partial charge >= 0.3 is 0 Å². The summed E-state index contributed by atoms with van der Waals surface area (Å²) in [4.78, 5) is 11.3. The number of carbonyl (C=O) groups is 1. The second-order valence-electron chi connectivity index (χ2n) is 3.76. The van der Waals surface area contributed by atoms with Crippen LogP contribution in [0, 0.1) is 0 Å². The predicted molar refractivity (Wildman–Crippen MR) is 67.6 cm³/mol. The molecule has 3 heteroatoms. The van der Waals surface area contributed by atoms with Crippen molar-refractivity contribution >= 4 is 27.5 Å². The third kappa shape index (κ3) is 4.04. The van der Waals surface area contributed by atoms with Crippen LogP contribution in [0.1, 0.15) is 31.7 Å². The van der Waals surface area contributed by atoms with Gasteiger partial charge in [0.05, 0.1) is 0 Å². The zero-order valence-electron chi connectivity index (χ0n) is 9.09. The summed E-state index contributed by atoms with van der Waals surface area (Å²) in [5.74, 6) is 0.571. The number of halogens is 1. The average molecular weight is 270 g/mol. The summed E-state index contributed by atoms with van der Waals surface area (Å²) in [6.45, 7) is 4.30. The quantitative estimate of drug-likeness (QED) is 0.833. The fourth-order valence-electron chi connectivity index (χ4n) is 1.26. The number of anilines is 1. The van der Waals surface area contributed by atoms with E-state index in [0.717, 1.165) is 5.69 Å². The molecule has 0 bridgehead atoms. The summed E-state index contributed by atoms with van der Waals surface area (Å²) >= 11 is 3.23. The SMILES string of the molecule is CC(C)c1ccc(NC(=O)CCBr)cc1. The first-order valence-electron chi connectivity index (χ1n) is 5.09. The minimum Gasteiger partial charge on any atom is -0.326 e. The van der Waals surface area contributed by atoms with E-state index in [9.17, 15) is 4.79 Å². The molecule has 0 atom stereocenters. The summed E-state index contributed by atoms with van der Waals surface area (Å²) in [6.07, 6.45) is 0.506. The molecule has 0 radical (unpaired) electrons. The monoisotopic (exact) mass is 269 g/mol. The molecule has 0 fully saturated rings. The highest BCUT2D eigenvalue weighted by atomic mass is 79.9. The Balaban J connectivity index is 2.60. The van der Waals surface area contributed by atoms with Crippen molar-refractivity contribution in [3.05, 3.63) is 29.8 Å². The van der Waals surface area contributed by atoms with Crippen LogP contribution in [-0.4, -0.2) is 11.2 Å². The normalized spacial score (nSPS) is 10.4. The van der Waals surface area contributed by atoms with E-state index in [0.29, 0.717) is 17.7 Å². The Morgan fingerprint density at radius 2 is 1.93 bits per heavy atom. The van der Waals surface area contributed by atoms with Gasteiger partial charge in [-0.2, -0.15) is 0 Å². The molecule has 1 aromatic rings. The van der Waals surface area contributed by atoms with Crippen LogP contribution in [0.4, 0.5) is 5.69 Å². The molecule has 0 unspecified atom stereocenters. The van der Waals surface area contributed by atoms with E-state index in [4.69, 9.17) is 0 Å². The van der Waals surface area contributed by atoms with Crippen molar-refractivity contribution in [3.63, 3.8) is 0 Å². The van der Waals surface area contributed by atoms with Gasteiger partial charge in [0.25, 0.3) is 0 Å². The molecule has 2 nitrogen and oxygen atoms in total.